The molecule has 0 N–H and O–H groups in total. The van der Waals surface area contributed by atoms with Gasteiger partial charge in [0.2, 0.25) is 5.89 Å². The van der Waals surface area contributed by atoms with E-state index in [9.17, 15) is 8.42 Å². The van der Waals surface area contributed by atoms with Crippen LogP contribution < -0.4 is 0 Å². The Morgan fingerprint density at radius 2 is 2.09 bits per heavy atom. The number of hydrogen-bond acceptors (Lipinski definition) is 6. The molecule has 1 saturated carbocycles. The van der Waals surface area contributed by atoms with Crippen molar-refractivity contribution in [1.29, 1.82) is 0 Å². The van der Waals surface area contributed by atoms with Crippen molar-refractivity contribution >= 4 is 10.0 Å². The summed E-state index contributed by atoms with van der Waals surface area (Å²) in [5, 5.41) is 4.08. The van der Waals surface area contributed by atoms with Gasteiger partial charge in [-0.2, -0.15) is 9.29 Å². The van der Waals surface area contributed by atoms with Gasteiger partial charge in [0.05, 0.1) is 12.2 Å². The molecule has 22 heavy (non-hydrogen) atoms. The summed E-state index contributed by atoms with van der Waals surface area (Å²) in [6, 6.07) is 0. The first-order valence-electron chi connectivity index (χ1n) is 7.35. The topological polar surface area (TPSA) is 94.1 Å². The molecular weight excluding hydrogens is 306 g/mol. The minimum atomic E-state index is -3.54. The maximum absolute atomic E-state index is 12.5. The van der Waals surface area contributed by atoms with E-state index < -0.39 is 10.0 Å². The molecular formula is C13H17N5O3S. The van der Waals surface area contributed by atoms with Crippen LogP contribution in [0.15, 0.2) is 22.1 Å². The number of aromatic nitrogens is 4. The molecule has 0 aromatic carbocycles. The molecule has 8 nitrogen and oxygen atoms in total. The molecule has 0 amide bonds. The van der Waals surface area contributed by atoms with Gasteiger partial charge in [0.1, 0.15) is 0 Å². The van der Waals surface area contributed by atoms with Gasteiger partial charge in [0.25, 0.3) is 10.0 Å². The zero-order chi connectivity index (χ0) is 15.3. The summed E-state index contributed by atoms with van der Waals surface area (Å²) in [5.74, 6) is 1.73. The van der Waals surface area contributed by atoms with Gasteiger partial charge < -0.3 is 9.09 Å². The number of nitrogens with zero attached hydrogens (tertiary/aromatic N) is 5. The van der Waals surface area contributed by atoms with E-state index in [4.69, 9.17) is 4.52 Å². The highest BCUT2D eigenvalue weighted by atomic mass is 32.2. The van der Waals surface area contributed by atoms with Crippen LogP contribution in [0.3, 0.4) is 0 Å². The Morgan fingerprint density at radius 3 is 2.77 bits per heavy atom. The predicted octanol–water partition coefficient (Wildman–Crippen LogP) is 0.859. The Bertz CT molecular complexity index is 792. The van der Waals surface area contributed by atoms with Gasteiger partial charge in [-0.05, 0) is 19.3 Å². The van der Waals surface area contributed by atoms with Crippen molar-refractivity contribution in [3.63, 3.8) is 0 Å². The van der Waals surface area contributed by atoms with E-state index in [1.54, 1.807) is 11.6 Å². The zero-order valence-electron chi connectivity index (χ0n) is 12.2. The van der Waals surface area contributed by atoms with E-state index in [0.717, 1.165) is 18.7 Å². The summed E-state index contributed by atoms with van der Waals surface area (Å²) < 4.78 is 33.5. The van der Waals surface area contributed by atoms with Crippen molar-refractivity contribution in [3.05, 3.63) is 24.2 Å². The molecule has 0 bridgehead atoms. The van der Waals surface area contributed by atoms with Crippen LogP contribution in [0.25, 0.3) is 0 Å². The SMILES string of the molecule is Cn1cnc(S(=O)(=O)N2CC[C@@H](c3nc(C4CC4)no3)C2)c1. The third kappa shape index (κ3) is 2.34. The lowest BCUT2D eigenvalue weighted by Crippen LogP contribution is -2.29. The molecule has 1 saturated heterocycles. The second-order valence-electron chi connectivity index (χ2n) is 5.99. The molecule has 2 aromatic rings. The van der Waals surface area contributed by atoms with Crippen molar-refractivity contribution < 1.29 is 12.9 Å². The fraction of sp³-hybridized carbons (Fsp3) is 0.615. The number of hydrogen-bond donors (Lipinski definition) is 0. The predicted molar refractivity (Wildman–Crippen MR) is 75.6 cm³/mol. The van der Waals surface area contributed by atoms with Gasteiger partial charge in [0, 0.05) is 32.3 Å². The first-order chi connectivity index (χ1) is 10.5. The number of sulfonamides is 1. The summed E-state index contributed by atoms with van der Waals surface area (Å²) in [7, 11) is -1.80. The highest BCUT2D eigenvalue weighted by Gasteiger charge is 2.38. The molecule has 9 heteroatoms. The van der Waals surface area contributed by atoms with E-state index in [1.165, 1.54) is 16.8 Å². The smallest absolute Gasteiger partial charge is 0.262 e. The van der Waals surface area contributed by atoms with Crippen molar-refractivity contribution in [2.24, 2.45) is 7.05 Å². The molecule has 3 heterocycles. The summed E-state index contributed by atoms with van der Waals surface area (Å²) in [5.41, 5.74) is 0. The average molecular weight is 323 g/mol. The highest BCUT2D eigenvalue weighted by molar-refractivity contribution is 7.89. The fourth-order valence-electron chi connectivity index (χ4n) is 2.72. The Balaban J connectivity index is 1.51. The van der Waals surface area contributed by atoms with E-state index in [0.29, 0.717) is 31.3 Å². The molecule has 0 radical (unpaired) electrons. The molecule has 2 fully saturated rings. The molecule has 2 aliphatic rings. The Hall–Kier alpha value is -1.74. The van der Waals surface area contributed by atoms with Crippen molar-refractivity contribution in [2.45, 2.75) is 36.1 Å². The van der Waals surface area contributed by atoms with Crippen LogP contribution in [0.4, 0.5) is 0 Å². The van der Waals surface area contributed by atoms with E-state index >= 15 is 0 Å². The Kier molecular flexibility index (Phi) is 3.08. The lowest BCUT2D eigenvalue weighted by atomic mass is 10.1. The average Bonchev–Trinajstić information content (AvgIpc) is 2.95. The van der Waals surface area contributed by atoms with Crippen LogP contribution in [0.2, 0.25) is 0 Å². The number of rotatable bonds is 4. The quantitative estimate of drug-likeness (QED) is 0.828. The van der Waals surface area contributed by atoms with Gasteiger partial charge in [-0.25, -0.2) is 13.4 Å². The van der Waals surface area contributed by atoms with Crippen LogP contribution in [0.1, 0.15) is 42.8 Å². The maximum atomic E-state index is 12.5. The molecule has 118 valence electrons. The third-order valence-corrected chi connectivity index (χ3v) is 5.94. The molecule has 4 rings (SSSR count). The lowest BCUT2D eigenvalue weighted by molar-refractivity contribution is 0.350. The van der Waals surface area contributed by atoms with Gasteiger partial charge in [-0.1, -0.05) is 5.16 Å². The highest BCUT2D eigenvalue weighted by Crippen LogP contribution is 2.39. The minimum Gasteiger partial charge on any atom is -0.339 e. The first kappa shape index (κ1) is 13.9. The number of imidazole rings is 1. The largest absolute Gasteiger partial charge is 0.339 e. The van der Waals surface area contributed by atoms with Crippen LogP contribution >= 0.6 is 0 Å². The summed E-state index contributed by atoms with van der Waals surface area (Å²) >= 11 is 0. The second kappa shape index (κ2) is 4.88. The van der Waals surface area contributed by atoms with Crippen LogP contribution in [0, 0.1) is 0 Å². The molecule has 0 spiro atoms. The fourth-order valence-corrected chi connectivity index (χ4v) is 4.19. The van der Waals surface area contributed by atoms with Gasteiger partial charge in [-0.3, -0.25) is 0 Å². The molecule has 1 aliphatic carbocycles. The lowest BCUT2D eigenvalue weighted by Gasteiger charge is -2.13. The maximum Gasteiger partial charge on any atom is 0.262 e. The van der Waals surface area contributed by atoms with Crippen molar-refractivity contribution in [2.75, 3.05) is 13.1 Å². The Labute approximate surface area is 128 Å². The monoisotopic (exact) mass is 323 g/mol. The molecule has 1 aliphatic heterocycles. The van der Waals surface area contributed by atoms with Crippen molar-refractivity contribution in [3.8, 4) is 0 Å². The van der Waals surface area contributed by atoms with Gasteiger partial charge in [-0.15, -0.1) is 0 Å². The Morgan fingerprint density at radius 1 is 1.27 bits per heavy atom. The second-order valence-corrected chi connectivity index (χ2v) is 7.88. The van der Waals surface area contributed by atoms with Crippen LogP contribution in [-0.4, -0.2) is 45.5 Å². The van der Waals surface area contributed by atoms with E-state index in [2.05, 4.69) is 15.1 Å². The number of aryl methyl sites for hydroxylation is 1. The summed E-state index contributed by atoms with van der Waals surface area (Å²) in [6.45, 7) is 0.815. The minimum absolute atomic E-state index is 0.0292. The van der Waals surface area contributed by atoms with Crippen molar-refractivity contribution in [1.82, 2.24) is 24.0 Å². The summed E-state index contributed by atoms with van der Waals surface area (Å²) in [6.07, 6.45) is 5.92. The summed E-state index contributed by atoms with van der Waals surface area (Å²) in [4.78, 5) is 8.38. The molecule has 1 atom stereocenters. The normalized spacial score (nSPS) is 23.2. The van der Waals surface area contributed by atoms with Gasteiger partial charge in [0.15, 0.2) is 10.9 Å². The van der Waals surface area contributed by atoms with Crippen LogP contribution in [0.5, 0.6) is 0 Å². The van der Waals surface area contributed by atoms with Gasteiger partial charge >= 0.3 is 0 Å². The van der Waals surface area contributed by atoms with Crippen LogP contribution in [-0.2, 0) is 17.1 Å². The van der Waals surface area contributed by atoms with E-state index in [-0.39, 0.29) is 10.9 Å². The van der Waals surface area contributed by atoms with E-state index in [1.807, 2.05) is 0 Å². The first-order valence-corrected chi connectivity index (χ1v) is 8.79. The zero-order valence-corrected chi connectivity index (χ0v) is 13.0. The molecule has 0 unspecified atom stereocenters. The molecule has 2 aromatic heterocycles. The standard InChI is InChI=1S/C13H17N5O3S/c1-17-7-11(14-8-17)22(19,20)18-5-4-10(6-18)13-15-12(16-21-13)9-2-3-9/h7-10H,2-6H2,1H3/t10-/m1/s1. The third-order valence-electron chi connectivity index (χ3n) is 4.19.